The summed E-state index contributed by atoms with van der Waals surface area (Å²) in [5.41, 5.74) is 4.55. The van der Waals surface area contributed by atoms with Gasteiger partial charge in [0.25, 0.3) is 5.91 Å². The number of hydrogen-bond donors (Lipinski definition) is 3. The second-order valence-electron chi connectivity index (χ2n) is 7.29. The average molecular weight is 448 g/mol. The highest BCUT2D eigenvalue weighted by molar-refractivity contribution is 7.80. The number of aryl methyl sites for hydroxylation is 2. The first kappa shape index (κ1) is 21.3. The van der Waals surface area contributed by atoms with Gasteiger partial charge in [-0.3, -0.25) is 10.1 Å². The van der Waals surface area contributed by atoms with Crippen LogP contribution in [0, 0.1) is 13.8 Å². The normalized spacial score (nSPS) is 10.7. The Morgan fingerprint density at radius 2 is 1.94 bits per heavy atom. The van der Waals surface area contributed by atoms with Gasteiger partial charge in [-0.05, 0) is 73.6 Å². The van der Waals surface area contributed by atoms with Crippen molar-refractivity contribution in [2.75, 3.05) is 12.4 Å². The number of nitrogens with zero attached hydrogens (tertiary/aromatic N) is 1. The smallest absolute Gasteiger partial charge is 0.261 e. The second-order valence-corrected chi connectivity index (χ2v) is 7.69. The lowest BCUT2D eigenvalue weighted by Gasteiger charge is -2.13. The lowest BCUT2D eigenvalue weighted by molar-refractivity contribution is 0.0974. The number of carbonyl (C=O) groups is 1. The molecular weight excluding hydrogens is 426 g/mol. The molecule has 0 aliphatic rings. The fraction of sp³-hybridized carbons (Fsp3) is 0.125. The predicted octanol–water partition coefficient (Wildman–Crippen LogP) is 4.95. The summed E-state index contributed by atoms with van der Waals surface area (Å²) in [6, 6.07) is 15.8. The third-order valence-electron chi connectivity index (χ3n) is 4.92. The number of hydrogen-bond acceptors (Lipinski definition) is 6. The van der Waals surface area contributed by atoms with E-state index in [4.69, 9.17) is 21.4 Å². The van der Waals surface area contributed by atoms with E-state index in [0.29, 0.717) is 33.7 Å². The topological polar surface area (TPSA) is 96.6 Å². The van der Waals surface area contributed by atoms with Crippen LogP contribution >= 0.6 is 12.2 Å². The zero-order chi connectivity index (χ0) is 22.8. The Hall–Kier alpha value is -3.91. The fourth-order valence-electron chi connectivity index (χ4n) is 3.37. The van der Waals surface area contributed by atoms with Crippen molar-refractivity contribution in [3.63, 3.8) is 0 Å². The molecule has 0 atom stereocenters. The summed E-state index contributed by atoms with van der Waals surface area (Å²) in [5, 5.41) is 16.0. The number of phenolic OH excluding ortho intramolecular Hbond substituents is 1. The van der Waals surface area contributed by atoms with Crippen molar-refractivity contribution in [3.05, 3.63) is 71.3 Å². The number of fused-ring (bicyclic) bond motifs is 1. The van der Waals surface area contributed by atoms with Gasteiger partial charge in [-0.15, -0.1) is 0 Å². The van der Waals surface area contributed by atoms with Crippen LogP contribution in [0.3, 0.4) is 0 Å². The molecule has 7 nitrogen and oxygen atoms in total. The standard InChI is InChI=1S/C24H21N3O4S/c1-13-7-9-18-20(11-13)31-23(26-18)17-12-15(8-10-19(17)28)25-24(32)27-22(29)16-6-4-5-14(2)21(16)30-3/h4-12,28H,1-3H3,(H2,25,27,29,32). The van der Waals surface area contributed by atoms with Crippen molar-refractivity contribution in [3.8, 4) is 23.0 Å². The number of carbonyl (C=O) groups excluding carboxylic acids is 1. The molecule has 0 saturated carbocycles. The van der Waals surface area contributed by atoms with Crippen molar-refractivity contribution in [1.29, 1.82) is 0 Å². The predicted molar refractivity (Wildman–Crippen MR) is 127 cm³/mol. The van der Waals surface area contributed by atoms with Crippen LogP contribution < -0.4 is 15.4 Å². The zero-order valence-corrected chi connectivity index (χ0v) is 18.5. The first-order valence-corrected chi connectivity index (χ1v) is 10.2. The van der Waals surface area contributed by atoms with Crippen LogP contribution in [0.15, 0.2) is 59.0 Å². The number of nitrogens with one attached hydrogen (secondary N) is 2. The number of thiocarbonyl (C=S) groups is 1. The second kappa shape index (κ2) is 8.68. The van der Waals surface area contributed by atoms with E-state index >= 15 is 0 Å². The molecule has 0 radical (unpaired) electrons. The number of oxazole rings is 1. The van der Waals surface area contributed by atoms with E-state index in [1.807, 2.05) is 38.1 Å². The minimum Gasteiger partial charge on any atom is -0.507 e. The molecule has 0 aliphatic heterocycles. The van der Waals surface area contributed by atoms with Gasteiger partial charge in [-0.1, -0.05) is 18.2 Å². The molecular formula is C24H21N3O4S. The molecule has 8 heteroatoms. The highest BCUT2D eigenvalue weighted by Crippen LogP contribution is 2.33. The Balaban J connectivity index is 1.54. The molecule has 0 spiro atoms. The summed E-state index contributed by atoms with van der Waals surface area (Å²) >= 11 is 5.30. The maximum Gasteiger partial charge on any atom is 0.261 e. The van der Waals surface area contributed by atoms with Gasteiger partial charge in [-0.2, -0.15) is 0 Å². The van der Waals surface area contributed by atoms with E-state index in [-0.39, 0.29) is 16.8 Å². The maximum atomic E-state index is 12.7. The lowest BCUT2D eigenvalue weighted by atomic mass is 10.1. The first-order chi connectivity index (χ1) is 15.4. The van der Waals surface area contributed by atoms with Gasteiger partial charge < -0.3 is 19.6 Å². The molecule has 32 heavy (non-hydrogen) atoms. The number of rotatable bonds is 4. The number of aromatic nitrogens is 1. The third kappa shape index (κ3) is 4.26. The Labute approximate surface area is 190 Å². The van der Waals surface area contributed by atoms with Gasteiger partial charge >= 0.3 is 0 Å². The van der Waals surface area contributed by atoms with Gasteiger partial charge in [0, 0.05) is 5.69 Å². The van der Waals surface area contributed by atoms with E-state index in [2.05, 4.69) is 15.6 Å². The van der Waals surface area contributed by atoms with Crippen LogP contribution in [-0.4, -0.2) is 28.2 Å². The van der Waals surface area contributed by atoms with Crippen molar-refractivity contribution in [1.82, 2.24) is 10.3 Å². The number of aromatic hydroxyl groups is 1. The third-order valence-corrected chi connectivity index (χ3v) is 5.12. The Morgan fingerprint density at radius 3 is 2.72 bits per heavy atom. The van der Waals surface area contributed by atoms with Crippen molar-refractivity contribution < 1.29 is 19.1 Å². The van der Waals surface area contributed by atoms with Gasteiger partial charge in [0.1, 0.15) is 17.0 Å². The van der Waals surface area contributed by atoms with Gasteiger partial charge in [0.2, 0.25) is 5.89 Å². The summed E-state index contributed by atoms with van der Waals surface area (Å²) in [6.45, 7) is 3.82. The fourth-order valence-corrected chi connectivity index (χ4v) is 3.58. The Morgan fingerprint density at radius 1 is 1.12 bits per heavy atom. The Kier molecular flexibility index (Phi) is 5.79. The van der Waals surface area contributed by atoms with Crippen LogP contribution in [0.25, 0.3) is 22.6 Å². The molecule has 1 aromatic heterocycles. The summed E-state index contributed by atoms with van der Waals surface area (Å²) in [7, 11) is 1.51. The molecule has 0 saturated heterocycles. The average Bonchev–Trinajstić information content (AvgIpc) is 3.17. The quantitative estimate of drug-likeness (QED) is 0.301. The van der Waals surface area contributed by atoms with Crippen LogP contribution in [0.1, 0.15) is 21.5 Å². The molecule has 0 fully saturated rings. The van der Waals surface area contributed by atoms with Gasteiger partial charge in [0.05, 0.1) is 18.2 Å². The summed E-state index contributed by atoms with van der Waals surface area (Å²) in [4.78, 5) is 17.1. The number of methoxy groups -OCH3 is 1. The van der Waals surface area contributed by atoms with Gasteiger partial charge in [0.15, 0.2) is 10.7 Å². The molecule has 162 valence electrons. The monoisotopic (exact) mass is 447 g/mol. The summed E-state index contributed by atoms with van der Waals surface area (Å²) in [5.74, 6) is 0.395. The van der Waals surface area contributed by atoms with Crippen LogP contribution in [0.4, 0.5) is 5.69 Å². The van der Waals surface area contributed by atoms with E-state index in [1.165, 1.54) is 13.2 Å². The largest absolute Gasteiger partial charge is 0.507 e. The SMILES string of the molecule is COc1c(C)cccc1C(=O)NC(=S)Nc1ccc(O)c(-c2nc3ccc(C)cc3o2)c1. The first-order valence-electron chi connectivity index (χ1n) is 9.82. The number of ether oxygens (including phenoxy) is 1. The molecule has 3 N–H and O–H groups in total. The van der Waals surface area contributed by atoms with Crippen molar-refractivity contribution >= 4 is 40.0 Å². The van der Waals surface area contributed by atoms with E-state index < -0.39 is 5.91 Å². The molecule has 1 heterocycles. The minimum atomic E-state index is -0.392. The number of amides is 1. The lowest BCUT2D eigenvalue weighted by Crippen LogP contribution is -2.34. The maximum absolute atomic E-state index is 12.7. The zero-order valence-electron chi connectivity index (χ0n) is 17.7. The van der Waals surface area contributed by atoms with Crippen molar-refractivity contribution in [2.24, 2.45) is 0 Å². The molecule has 3 aromatic carbocycles. The minimum absolute atomic E-state index is 0.0123. The molecule has 0 aliphatic carbocycles. The number of anilines is 1. The molecule has 0 bridgehead atoms. The van der Waals surface area contributed by atoms with Gasteiger partial charge in [-0.25, -0.2) is 4.98 Å². The highest BCUT2D eigenvalue weighted by Gasteiger charge is 2.17. The van der Waals surface area contributed by atoms with E-state index in [9.17, 15) is 9.90 Å². The highest BCUT2D eigenvalue weighted by atomic mass is 32.1. The van der Waals surface area contributed by atoms with Crippen LogP contribution in [-0.2, 0) is 0 Å². The number of benzene rings is 3. The summed E-state index contributed by atoms with van der Waals surface area (Å²) in [6.07, 6.45) is 0. The molecule has 0 unspecified atom stereocenters. The van der Waals surface area contributed by atoms with E-state index in [1.54, 1.807) is 24.3 Å². The molecule has 1 amide bonds. The van der Waals surface area contributed by atoms with Crippen LogP contribution in [0.2, 0.25) is 0 Å². The Bertz CT molecular complexity index is 1350. The molecule has 4 aromatic rings. The van der Waals surface area contributed by atoms with Crippen LogP contribution in [0.5, 0.6) is 11.5 Å². The van der Waals surface area contributed by atoms with E-state index in [0.717, 1.165) is 11.1 Å². The van der Waals surface area contributed by atoms with Crippen molar-refractivity contribution in [2.45, 2.75) is 13.8 Å². The number of phenols is 1. The molecule has 4 rings (SSSR count). The summed E-state index contributed by atoms with van der Waals surface area (Å²) < 4.78 is 11.2. The number of para-hydroxylation sites is 1.